The molecule has 0 amide bonds. The smallest absolute Gasteiger partial charge is 0.174 e. The minimum Gasteiger partial charge on any atom is -0.240 e. The first-order valence-electron chi connectivity index (χ1n) is 3.60. The molecule has 0 atom stereocenters. The van der Waals surface area contributed by atoms with E-state index in [9.17, 15) is 0 Å². The molecule has 0 radical (unpaired) electrons. The Bertz CT molecular complexity index is 348. The second-order valence-electron chi connectivity index (χ2n) is 2.16. The fourth-order valence-electron chi connectivity index (χ4n) is 0.757. The van der Waals surface area contributed by atoms with Crippen LogP contribution in [0.5, 0.6) is 0 Å². The third-order valence-electron chi connectivity index (χ3n) is 1.28. The van der Waals surface area contributed by atoms with Crippen molar-refractivity contribution in [2.75, 3.05) is 0 Å². The van der Waals surface area contributed by atoms with Gasteiger partial charge in [-0.2, -0.15) is 0 Å². The van der Waals surface area contributed by atoms with Crippen molar-refractivity contribution in [2.24, 2.45) is 0 Å². The van der Waals surface area contributed by atoms with Crippen molar-refractivity contribution in [2.45, 2.75) is 10.1 Å². The second kappa shape index (κ2) is 4.29. The normalized spacial score (nSPS) is 10.2. The minimum absolute atomic E-state index is 0.746. The van der Waals surface area contributed by atoms with Gasteiger partial charge in [0, 0.05) is 12.4 Å². The average molecular weight is 210 g/mol. The Labute approximate surface area is 83.5 Å². The van der Waals surface area contributed by atoms with Crippen LogP contribution in [-0.4, -0.2) is 20.2 Å². The predicted molar refractivity (Wildman–Crippen MR) is 51.5 cm³/mol. The van der Waals surface area contributed by atoms with Crippen molar-refractivity contribution in [3.05, 3.63) is 29.8 Å². The molecule has 0 fully saturated rings. The van der Waals surface area contributed by atoms with Gasteiger partial charge in [-0.05, 0) is 6.07 Å². The van der Waals surface area contributed by atoms with Gasteiger partial charge in [0.25, 0.3) is 0 Å². The van der Waals surface area contributed by atoms with Gasteiger partial charge in [-0.3, -0.25) is 0 Å². The lowest BCUT2D eigenvalue weighted by Gasteiger charge is -1.94. The van der Waals surface area contributed by atoms with Crippen LogP contribution in [0, 0.1) is 0 Å². The lowest BCUT2D eigenvalue weighted by atomic mass is 10.6. The Morgan fingerprint density at radius 2 is 2.15 bits per heavy atom. The molecule has 0 bridgehead atoms. The van der Waals surface area contributed by atoms with Gasteiger partial charge >= 0.3 is 0 Å². The highest BCUT2D eigenvalue weighted by Gasteiger charge is 1.99. The van der Waals surface area contributed by atoms with Crippen LogP contribution in [0.2, 0.25) is 0 Å². The molecule has 0 aliphatic carbocycles. The summed E-state index contributed by atoms with van der Waals surface area (Å²) in [6, 6.07) is 1.80. The maximum absolute atomic E-state index is 4.10. The zero-order chi connectivity index (χ0) is 8.93. The van der Waals surface area contributed by atoms with Gasteiger partial charge in [0.2, 0.25) is 0 Å². The summed E-state index contributed by atoms with van der Waals surface area (Å²) < 4.78 is 0.951. The number of nitrogens with zero attached hydrogens (tertiary/aromatic N) is 4. The monoisotopic (exact) mass is 210 g/mol. The molecule has 2 heterocycles. The van der Waals surface area contributed by atoms with Gasteiger partial charge in [-0.15, -0.1) is 10.2 Å². The lowest BCUT2D eigenvalue weighted by molar-refractivity contribution is 1.000. The summed E-state index contributed by atoms with van der Waals surface area (Å²) in [6.45, 7) is 0. The number of aromatic nitrogens is 4. The molecule has 13 heavy (non-hydrogen) atoms. The van der Waals surface area contributed by atoms with Gasteiger partial charge in [0.05, 0.1) is 5.75 Å². The van der Waals surface area contributed by atoms with E-state index in [1.807, 2.05) is 0 Å². The van der Waals surface area contributed by atoms with Crippen molar-refractivity contribution >= 4 is 23.1 Å². The summed E-state index contributed by atoms with van der Waals surface area (Å²) in [6.07, 6.45) is 3.48. The van der Waals surface area contributed by atoms with Gasteiger partial charge in [-0.1, -0.05) is 23.1 Å². The molecule has 0 saturated heterocycles. The minimum atomic E-state index is 0.746. The van der Waals surface area contributed by atoms with Crippen LogP contribution in [0.4, 0.5) is 0 Å². The molecule has 2 aromatic heterocycles. The van der Waals surface area contributed by atoms with Crippen LogP contribution in [0.3, 0.4) is 0 Å². The SMILES string of the molecule is c1cnc(CSc2nncs2)nc1. The predicted octanol–water partition coefficient (Wildman–Crippen LogP) is 1.62. The molecule has 6 heteroatoms. The van der Waals surface area contributed by atoms with Crippen molar-refractivity contribution in [1.29, 1.82) is 0 Å². The summed E-state index contributed by atoms with van der Waals surface area (Å²) in [7, 11) is 0. The summed E-state index contributed by atoms with van der Waals surface area (Å²) in [5, 5.41) is 7.65. The van der Waals surface area contributed by atoms with Crippen LogP contribution < -0.4 is 0 Å². The molecule has 0 unspecified atom stereocenters. The van der Waals surface area contributed by atoms with Crippen molar-refractivity contribution in [3.63, 3.8) is 0 Å². The lowest BCUT2D eigenvalue weighted by Crippen LogP contribution is -1.89. The highest BCUT2D eigenvalue weighted by Crippen LogP contribution is 2.21. The van der Waals surface area contributed by atoms with Crippen LogP contribution in [0.1, 0.15) is 5.82 Å². The summed E-state index contributed by atoms with van der Waals surface area (Å²) in [5.74, 6) is 1.57. The standard InChI is InChI=1S/C7H6N4S2/c1-2-8-6(9-3-1)4-12-7-11-10-5-13-7/h1-3,5H,4H2. The van der Waals surface area contributed by atoms with Crippen molar-refractivity contribution in [3.8, 4) is 0 Å². The first-order valence-corrected chi connectivity index (χ1v) is 5.46. The quantitative estimate of drug-likeness (QED) is 0.720. The van der Waals surface area contributed by atoms with Gasteiger partial charge in [0.1, 0.15) is 11.3 Å². The van der Waals surface area contributed by atoms with Crippen molar-refractivity contribution in [1.82, 2.24) is 20.2 Å². The first kappa shape index (κ1) is 8.58. The highest BCUT2D eigenvalue weighted by molar-refractivity contribution is 8.00. The van der Waals surface area contributed by atoms with E-state index >= 15 is 0 Å². The Balaban J connectivity index is 1.94. The van der Waals surface area contributed by atoms with Gasteiger partial charge in [0.15, 0.2) is 4.34 Å². The average Bonchev–Trinajstić information content (AvgIpc) is 2.69. The number of rotatable bonds is 3. The van der Waals surface area contributed by atoms with E-state index in [1.165, 1.54) is 11.3 Å². The van der Waals surface area contributed by atoms with E-state index in [-0.39, 0.29) is 0 Å². The van der Waals surface area contributed by atoms with E-state index in [0.717, 1.165) is 15.9 Å². The number of hydrogen-bond acceptors (Lipinski definition) is 6. The van der Waals surface area contributed by atoms with E-state index in [2.05, 4.69) is 20.2 Å². The Kier molecular flexibility index (Phi) is 2.83. The molecule has 0 N–H and O–H groups in total. The maximum atomic E-state index is 4.10. The first-order chi connectivity index (χ1) is 6.45. The Hall–Kier alpha value is -1.01. The molecular formula is C7H6N4S2. The number of hydrogen-bond donors (Lipinski definition) is 0. The highest BCUT2D eigenvalue weighted by atomic mass is 32.2. The van der Waals surface area contributed by atoms with E-state index < -0.39 is 0 Å². The van der Waals surface area contributed by atoms with Crippen LogP contribution in [0.15, 0.2) is 28.3 Å². The third kappa shape index (κ3) is 2.46. The summed E-state index contributed by atoms with van der Waals surface area (Å²) in [5.41, 5.74) is 1.72. The fourth-order valence-corrected chi connectivity index (χ4v) is 2.12. The maximum Gasteiger partial charge on any atom is 0.174 e. The van der Waals surface area contributed by atoms with E-state index in [0.29, 0.717) is 0 Å². The van der Waals surface area contributed by atoms with Crippen molar-refractivity contribution < 1.29 is 0 Å². The molecule has 0 spiro atoms. The van der Waals surface area contributed by atoms with Crippen LogP contribution in [0.25, 0.3) is 0 Å². The van der Waals surface area contributed by atoms with Gasteiger partial charge in [-0.25, -0.2) is 9.97 Å². The molecule has 0 aliphatic rings. The van der Waals surface area contributed by atoms with E-state index in [1.54, 1.807) is 35.7 Å². The molecule has 0 saturated carbocycles. The zero-order valence-corrected chi connectivity index (χ0v) is 8.25. The third-order valence-corrected chi connectivity index (χ3v) is 3.14. The fraction of sp³-hybridized carbons (Fsp3) is 0.143. The zero-order valence-electron chi connectivity index (χ0n) is 6.62. The summed E-state index contributed by atoms with van der Waals surface area (Å²) in [4.78, 5) is 8.21. The molecule has 2 rings (SSSR count). The molecular weight excluding hydrogens is 204 g/mol. The number of thioether (sulfide) groups is 1. The largest absolute Gasteiger partial charge is 0.240 e. The molecule has 66 valence electrons. The van der Waals surface area contributed by atoms with E-state index in [4.69, 9.17) is 0 Å². The Morgan fingerprint density at radius 1 is 1.31 bits per heavy atom. The van der Waals surface area contributed by atoms with Gasteiger partial charge < -0.3 is 0 Å². The van der Waals surface area contributed by atoms with Crippen LogP contribution in [-0.2, 0) is 5.75 Å². The molecule has 2 aromatic rings. The second-order valence-corrected chi connectivity index (χ2v) is 4.21. The van der Waals surface area contributed by atoms with Crippen LogP contribution >= 0.6 is 23.1 Å². The molecule has 4 nitrogen and oxygen atoms in total. The topological polar surface area (TPSA) is 51.6 Å². The Morgan fingerprint density at radius 3 is 2.85 bits per heavy atom. The molecule has 0 aromatic carbocycles. The molecule has 0 aliphatic heterocycles. The summed E-state index contributed by atoms with van der Waals surface area (Å²) >= 11 is 3.13.